The van der Waals surface area contributed by atoms with Crippen molar-refractivity contribution in [1.29, 1.82) is 0 Å². The Morgan fingerprint density at radius 1 is 1.14 bits per heavy atom. The maximum absolute atomic E-state index is 6.06. The summed E-state index contributed by atoms with van der Waals surface area (Å²) in [4.78, 5) is 10.5. The molecule has 0 spiro atoms. The second-order valence-electron chi connectivity index (χ2n) is 3.32. The quantitative estimate of drug-likeness (QED) is 0.524. The van der Waals surface area contributed by atoms with Gasteiger partial charge in [0.15, 0.2) is 0 Å². The van der Waals surface area contributed by atoms with Crippen molar-refractivity contribution in [3.05, 3.63) is 20.9 Å². The molecule has 0 bridgehead atoms. The molecule has 72 valence electrons. The van der Waals surface area contributed by atoms with E-state index in [1.807, 2.05) is 0 Å². The van der Waals surface area contributed by atoms with Crippen LogP contribution in [-0.4, -0.2) is 9.97 Å². The number of aryl methyl sites for hydroxylation is 2. The minimum atomic E-state index is 0.238. The topological polar surface area (TPSA) is 25.8 Å². The van der Waals surface area contributed by atoms with E-state index in [4.69, 9.17) is 23.2 Å². The van der Waals surface area contributed by atoms with Gasteiger partial charge in [0.05, 0.1) is 5.39 Å². The van der Waals surface area contributed by atoms with Gasteiger partial charge in [-0.15, -0.1) is 11.3 Å². The van der Waals surface area contributed by atoms with Gasteiger partial charge in [-0.2, -0.15) is 0 Å². The molecule has 0 fully saturated rings. The molecule has 14 heavy (non-hydrogen) atoms. The average Bonchev–Trinajstić information content (AvgIpc) is 2.60. The van der Waals surface area contributed by atoms with E-state index in [1.165, 1.54) is 16.9 Å². The number of fused-ring (bicyclic) bond motifs is 3. The Morgan fingerprint density at radius 3 is 2.86 bits per heavy atom. The predicted molar refractivity (Wildman–Crippen MR) is 59.5 cm³/mol. The van der Waals surface area contributed by atoms with Gasteiger partial charge in [0.2, 0.25) is 5.28 Å². The SMILES string of the molecule is Clc1nc(Cl)c2c3c(sc2n1)CCC3. The largest absolute Gasteiger partial charge is 0.225 e. The Labute approximate surface area is 94.9 Å². The second-order valence-corrected chi connectivity index (χ2v) is 5.10. The summed E-state index contributed by atoms with van der Waals surface area (Å²) in [5.74, 6) is 0. The third-order valence-electron chi connectivity index (χ3n) is 2.49. The van der Waals surface area contributed by atoms with Gasteiger partial charge in [-0.25, -0.2) is 9.97 Å². The molecule has 2 aromatic heterocycles. The second kappa shape index (κ2) is 3.05. The first-order chi connectivity index (χ1) is 6.75. The molecule has 2 nitrogen and oxygen atoms in total. The molecule has 0 aliphatic heterocycles. The molecule has 5 heteroatoms. The van der Waals surface area contributed by atoms with Crippen molar-refractivity contribution in [3.8, 4) is 0 Å². The van der Waals surface area contributed by atoms with Crippen molar-refractivity contribution < 1.29 is 0 Å². The van der Waals surface area contributed by atoms with Gasteiger partial charge in [0, 0.05) is 4.88 Å². The van der Waals surface area contributed by atoms with Crippen LogP contribution >= 0.6 is 34.5 Å². The minimum Gasteiger partial charge on any atom is -0.207 e. The molecule has 1 aliphatic rings. The zero-order valence-corrected chi connectivity index (χ0v) is 9.51. The first-order valence-corrected chi connectivity index (χ1v) is 5.96. The van der Waals surface area contributed by atoms with E-state index >= 15 is 0 Å². The van der Waals surface area contributed by atoms with Gasteiger partial charge < -0.3 is 0 Å². The summed E-state index contributed by atoms with van der Waals surface area (Å²) in [6, 6.07) is 0. The van der Waals surface area contributed by atoms with Crippen molar-refractivity contribution in [2.45, 2.75) is 19.3 Å². The molecule has 0 saturated heterocycles. The summed E-state index contributed by atoms with van der Waals surface area (Å²) in [5.41, 5.74) is 1.34. The fourth-order valence-electron chi connectivity index (χ4n) is 1.93. The Kier molecular flexibility index (Phi) is 1.94. The molecule has 0 amide bonds. The number of hydrogen-bond donors (Lipinski definition) is 0. The van der Waals surface area contributed by atoms with E-state index in [2.05, 4.69) is 9.97 Å². The molecule has 0 radical (unpaired) electrons. The summed E-state index contributed by atoms with van der Waals surface area (Å²) in [5, 5.41) is 1.76. The van der Waals surface area contributed by atoms with Gasteiger partial charge in [-0.05, 0) is 36.4 Å². The minimum absolute atomic E-state index is 0.238. The Morgan fingerprint density at radius 2 is 2.00 bits per heavy atom. The van der Waals surface area contributed by atoms with Crippen LogP contribution in [0.15, 0.2) is 0 Å². The number of rotatable bonds is 0. The third kappa shape index (κ3) is 1.16. The summed E-state index contributed by atoms with van der Waals surface area (Å²) < 4.78 is 0. The van der Waals surface area contributed by atoms with Crippen LogP contribution in [0.3, 0.4) is 0 Å². The third-order valence-corrected chi connectivity index (χ3v) is 4.12. The average molecular weight is 245 g/mol. The normalized spacial score (nSPS) is 15.0. The lowest BCUT2D eigenvalue weighted by molar-refractivity contribution is 0.917. The molecule has 1 aliphatic carbocycles. The highest BCUT2D eigenvalue weighted by Gasteiger charge is 2.21. The van der Waals surface area contributed by atoms with Crippen molar-refractivity contribution >= 4 is 44.8 Å². The molecule has 2 heterocycles. The Bertz CT molecular complexity index is 521. The van der Waals surface area contributed by atoms with E-state index in [9.17, 15) is 0 Å². The van der Waals surface area contributed by atoms with Crippen molar-refractivity contribution in [3.63, 3.8) is 0 Å². The van der Waals surface area contributed by atoms with Gasteiger partial charge in [-0.1, -0.05) is 11.6 Å². The molecule has 3 rings (SSSR count). The Hall–Kier alpha value is -0.380. The summed E-state index contributed by atoms with van der Waals surface area (Å²) in [6.07, 6.45) is 3.46. The van der Waals surface area contributed by atoms with E-state index in [0.717, 1.165) is 23.1 Å². The highest BCUT2D eigenvalue weighted by molar-refractivity contribution is 7.19. The number of thiophene rings is 1. The van der Waals surface area contributed by atoms with Crippen LogP contribution < -0.4 is 0 Å². The smallest absolute Gasteiger partial charge is 0.207 e. The fraction of sp³-hybridized carbons (Fsp3) is 0.333. The van der Waals surface area contributed by atoms with Gasteiger partial charge in [-0.3, -0.25) is 0 Å². The molecule has 0 saturated carbocycles. The predicted octanol–water partition coefficient (Wildman–Crippen LogP) is 3.49. The van der Waals surface area contributed by atoms with E-state index in [-0.39, 0.29) is 5.28 Å². The first kappa shape index (κ1) is 8.89. The fourth-order valence-corrected chi connectivity index (χ4v) is 3.79. The zero-order chi connectivity index (χ0) is 9.71. The van der Waals surface area contributed by atoms with Crippen LogP contribution in [-0.2, 0) is 12.8 Å². The molecule has 0 N–H and O–H groups in total. The zero-order valence-electron chi connectivity index (χ0n) is 7.18. The molecule has 0 unspecified atom stereocenters. The highest BCUT2D eigenvalue weighted by atomic mass is 35.5. The lowest BCUT2D eigenvalue weighted by atomic mass is 10.2. The van der Waals surface area contributed by atoms with Crippen LogP contribution in [0.5, 0.6) is 0 Å². The van der Waals surface area contributed by atoms with Gasteiger partial charge >= 0.3 is 0 Å². The van der Waals surface area contributed by atoms with Gasteiger partial charge in [0.25, 0.3) is 0 Å². The van der Waals surface area contributed by atoms with Crippen LogP contribution in [0, 0.1) is 0 Å². The van der Waals surface area contributed by atoms with E-state index in [1.54, 1.807) is 11.3 Å². The number of hydrogen-bond acceptors (Lipinski definition) is 3. The lowest BCUT2D eigenvalue weighted by Gasteiger charge is -1.96. The first-order valence-electron chi connectivity index (χ1n) is 4.39. The van der Waals surface area contributed by atoms with Crippen LogP contribution in [0.1, 0.15) is 16.9 Å². The standard InChI is InChI=1S/C9H6Cl2N2S/c10-7-6-4-2-1-3-5(4)14-8(6)13-9(11)12-7/h1-3H2. The summed E-state index contributed by atoms with van der Waals surface area (Å²) in [6.45, 7) is 0. The Balaban J connectivity index is 2.43. The monoisotopic (exact) mass is 244 g/mol. The molecule has 0 atom stereocenters. The molecular formula is C9H6Cl2N2S. The maximum Gasteiger partial charge on any atom is 0.225 e. The van der Waals surface area contributed by atoms with E-state index in [0.29, 0.717) is 5.15 Å². The molecule has 0 aromatic carbocycles. The maximum atomic E-state index is 6.06. The van der Waals surface area contributed by atoms with Crippen LogP contribution in [0.2, 0.25) is 10.4 Å². The molecular weight excluding hydrogens is 239 g/mol. The van der Waals surface area contributed by atoms with Crippen LogP contribution in [0.4, 0.5) is 0 Å². The van der Waals surface area contributed by atoms with Crippen molar-refractivity contribution in [1.82, 2.24) is 9.97 Å². The number of nitrogens with zero attached hydrogens (tertiary/aromatic N) is 2. The number of halogens is 2. The van der Waals surface area contributed by atoms with Gasteiger partial charge in [0.1, 0.15) is 9.98 Å². The summed E-state index contributed by atoms with van der Waals surface area (Å²) >= 11 is 13.5. The van der Waals surface area contributed by atoms with Crippen molar-refractivity contribution in [2.75, 3.05) is 0 Å². The highest BCUT2D eigenvalue weighted by Crippen LogP contribution is 2.39. The summed E-state index contributed by atoms with van der Waals surface area (Å²) in [7, 11) is 0. The van der Waals surface area contributed by atoms with E-state index < -0.39 is 0 Å². The van der Waals surface area contributed by atoms with Crippen LogP contribution in [0.25, 0.3) is 10.2 Å². The van der Waals surface area contributed by atoms with Crippen molar-refractivity contribution in [2.24, 2.45) is 0 Å². The number of aromatic nitrogens is 2. The lowest BCUT2D eigenvalue weighted by Crippen LogP contribution is -1.85. The molecule has 2 aromatic rings.